The number of rotatable bonds is 4. The molecule has 0 bridgehead atoms. The van der Waals surface area contributed by atoms with Gasteiger partial charge in [-0.1, -0.05) is 18.2 Å². The Morgan fingerprint density at radius 3 is 2.95 bits per heavy atom. The summed E-state index contributed by atoms with van der Waals surface area (Å²) in [4.78, 5) is 27.9. The van der Waals surface area contributed by atoms with Crippen LogP contribution in [0.5, 0.6) is 5.75 Å². The van der Waals surface area contributed by atoms with E-state index in [1.54, 1.807) is 30.6 Å². The van der Waals surface area contributed by atoms with Crippen LogP contribution in [0.1, 0.15) is 12.0 Å². The predicted molar refractivity (Wildman–Crippen MR) is 80.2 cm³/mol. The van der Waals surface area contributed by atoms with Crippen LogP contribution in [0.15, 0.2) is 48.8 Å². The molecule has 0 aliphatic carbocycles. The topological polar surface area (TPSA) is 80.3 Å². The van der Waals surface area contributed by atoms with Gasteiger partial charge >= 0.3 is 0 Å². The Bertz CT molecular complexity index is 688. The number of para-hydroxylation sites is 2. The van der Waals surface area contributed by atoms with E-state index >= 15 is 0 Å². The zero-order valence-corrected chi connectivity index (χ0v) is 11.8. The van der Waals surface area contributed by atoms with Crippen molar-refractivity contribution in [1.82, 2.24) is 10.3 Å². The van der Waals surface area contributed by atoms with Crippen LogP contribution in [0.2, 0.25) is 0 Å². The van der Waals surface area contributed by atoms with Crippen molar-refractivity contribution >= 4 is 17.5 Å². The Balaban J connectivity index is 1.57. The van der Waals surface area contributed by atoms with E-state index in [2.05, 4.69) is 15.6 Å². The summed E-state index contributed by atoms with van der Waals surface area (Å²) in [5, 5.41) is 5.49. The van der Waals surface area contributed by atoms with Crippen molar-refractivity contribution in [3.8, 4) is 5.75 Å². The number of hydrogen-bond donors (Lipinski definition) is 2. The number of hydrogen-bond acceptors (Lipinski definition) is 4. The average molecular weight is 297 g/mol. The fraction of sp³-hybridized carbons (Fsp3) is 0.188. The average Bonchev–Trinajstić information content (AvgIpc) is 2.55. The molecule has 1 aliphatic rings. The van der Waals surface area contributed by atoms with Gasteiger partial charge in [0.2, 0.25) is 5.91 Å². The van der Waals surface area contributed by atoms with Crippen LogP contribution in [0.4, 0.5) is 5.69 Å². The molecular weight excluding hydrogens is 282 g/mol. The summed E-state index contributed by atoms with van der Waals surface area (Å²) < 4.78 is 5.58. The molecule has 6 nitrogen and oxygen atoms in total. The second kappa shape index (κ2) is 6.26. The molecule has 2 heterocycles. The largest absolute Gasteiger partial charge is 0.478 e. The van der Waals surface area contributed by atoms with Crippen LogP contribution in [0, 0.1) is 0 Å². The zero-order valence-electron chi connectivity index (χ0n) is 11.8. The molecule has 22 heavy (non-hydrogen) atoms. The first kappa shape index (κ1) is 14.1. The number of fused-ring (bicyclic) bond motifs is 1. The van der Waals surface area contributed by atoms with Crippen molar-refractivity contribution in [3.63, 3.8) is 0 Å². The number of anilines is 1. The van der Waals surface area contributed by atoms with Crippen molar-refractivity contribution < 1.29 is 14.3 Å². The van der Waals surface area contributed by atoms with Gasteiger partial charge < -0.3 is 15.4 Å². The summed E-state index contributed by atoms with van der Waals surface area (Å²) in [6.07, 6.45) is 2.51. The third-order valence-corrected chi connectivity index (χ3v) is 3.29. The van der Waals surface area contributed by atoms with E-state index in [9.17, 15) is 9.59 Å². The number of carbonyl (C=O) groups excluding carboxylic acids is 2. The summed E-state index contributed by atoms with van der Waals surface area (Å²) in [5.41, 5.74) is 1.52. The van der Waals surface area contributed by atoms with Gasteiger partial charge in [0.25, 0.3) is 5.91 Å². The van der Waals surface area contributed by atoms with E-state index < -0.39 is 6.10 Å². The highest BCUT2D eigenvalue weighted by Crippen LogP contribution is 2.29. The second-order valence-electron chi connectivity index (χ2n) is 4.93. The molecule has 1 aliphatic heterocycles. The Morgan fingerprint density at radius 1 is 1.27 bits per heavy atom. The lowest BCUT2D eigenvalue weighted by Gasteiger charge is -2.25. The van der Waals surface area contributed by atoms with Crippen LogP contribution in [-0.4, -0.2) is 22.9 Å². The molecular formula is C16H15N3O3. The van der Waals surface area contributed by atoms with Crippen LogP contribution >= 0.6 is 0 Å². The molecule has 0 spiro atoms. The van der Waals surface area contributed by atoms with Gasteiger partial charge in [-0.3, -0.25) is 14.6 Å². The Hall–Kier alpha value is -2.89. The highest BCUT2D eigenvalue weighted by molar-refractivity contribution is 5.99. The number of pyridine rings is 1. The normalized spacial score (nSPS) is 16.2. The molecule has 3 rings (SSSR count). The smallest absolute Gasteiger partial charge is 0.266 e. The van der Waals surface area contributed by atoms with E-state index in [1.165, 1.54) is 0 Å². The molecule has 6 heteroatoms. The van der Waals surface area contributed by atoms with Gasteiger partial charge in [0.05, 0.1) is 12.1 Å². The fourth-order valence-corrected chi connectivity index (χ4v) is 2.17. The first-order chi connectivity index (χ1) is 10.7. The summed E-state index contributed by atoms with van der Waals surface area (Å²) in [5.74, 6) is 0.0192. The van der Waals surface area contributed by atoms with Crippen molar-refractivity contribution in [2.75, 3.05) is 5.32 Å². The predicted octanol–water partition coefficient (Wildman–Crippen LogP) is 1.49. The molecule has 0 saturated carbocycles. The quantitative estimate of drug-likeness (QED) is 0.896. The van der Waals surface area contributed by atoms with Gasteiger partial charge in [0.1, 0.15) is 5.75 Å². The molecule has 112 valence electrons. The summed E-state index contributed by atoms with van der Waals surface area (Å²) in [6.45, 7) is 0.373. The molecule has 2 N–H and O–H groups in total. The lowest BCUT2D eigenvalue weighted by atomic mass is 10.1. The molecule has 0 unspecified atom stereocenters. The van der Waals surface area contributed by atoms with Crippen molar-refractivity contribution in [2.24, 2.45) is 0 Å². The van der Waals surface area contributed by atoms with Gasteiger partial charge in [-0.25, -0.2) is 0 Å². The van der Waals surface area contributed by atoms with E-state index in [-0.39, 0.29) is 18.2 Å². The van der Waals surface area contributed by atoms with Gasteiger partial charge in [0, 0.05) is 18.9 Å². The van der Waals surface area contributed by atoms with Gasteiger partial charge in [-0.05, 0) is 23.8 Å². The lowest BCUT2D eigenvalue weighted by Crippen LogP contribution is -2.40. The monoisotopic (exact) mass is 297 g/mol. The number of ether oxygens (including phenoxy) is 1. The van der Waals surface area contributed by atoms with Crippen molar-refractivity contribution in [2.45, 2.75) is 19.1 Å². The summed E-state index contributed by atoms with van der Waals surface area (Å²) in [7, 11) is 0. The Kier molecular flexibility index (Phi) is 4.00. The van der Waals surface area contributed by atoms with Crippen LogP contribution in [0.3, 0.4) is 0 Å². The maximum Gasteiger partial charge on any atom is 0.266 e. The van der Waals surface area contributed by atoms with Gasteiger partial charge in [-0.2, -0.15) is 0 Å². The molecule has 2 aromatic rings. The minimum absolute atomic E-state index is 0.0274. The number of benzene rings is 1. The van der Waals surface area contributed by atoms with Crippen LogP contribution in [0.25, 0.3) is 0 Å². The molecule has 1 atom stereocenters. The molecule has 0 saturated heterocycles. The van der Waals surface area contributed by atoms with E-state index in [0.29, 0.717) is 18.0 Å². The first-order valence-corrected chi connectivity index (χ1v) is 6.94. The Morgan fingerprint density at radius 2 is 2.14 bits per heavy atom. The van der Waals surface area contributed by atoms with E-state index in [4.69, 9.17) is 4.74 Å². The maximum atomic E-state index is 12.0. The SMILES string of the molecule is O=C(C[C@H]1Oc2ccccc2NC1=O)NCc1cccnc1. The van der Waals surface area contributed by atoms with Gasteiger partial charge in [0.15, 0.2) is 6.10 Å². The highest BCUT2D eigenvalue weighted by atomic mass is 16.5. The highest BCUT2D eigenvalue weighted by Gasteiger charge is 2.29. The van der Waals surface area contributed by atoms with Crippen LogP contribution < -0.4 is 15.4 Å². The minimum Gasteiger partial charge on any atom is -0.478 e. The van der Waals surface area contributed by atoms with E-state index in [1.807, 2.05) is 18.2 Å². The summed E-state index contributed by atoms with van der Waals surface area (Å²) in [6, 6.07) is 10.8. The van der Waals surface area contributed by atoms with Crippen molar-refractivity contribution in [3.05, 3.63) is 54.4 Å². The molecule has 1 aromatic carbocycles. The third kappa shape index (κ3) is 3.22. The Labute approximate surface area is 127 Å². The number of nitrogens with one attached hydrogen (secondary N) is 2. The van der Waals surface area contributed by atoms with Crippen molar-refractivity contribution in [1.29, 1.82) is 0 Å². The molecule has 1 aromatic heterocycles. The summed E-state index contributed by atoms with van der Waals surface area (Å²) >= 11 is 0. The molecule has 0 radical (unpaired) electrons. The number of carbonyl (C=O) groups is 2. The lowest BCUT2D eigenvalue weighted by molar-refractivity contribution is -0.130. The van der Waals surface area contributed by atoms with E-state index in [0.717, 1.165) is 5.56 Å². The number of amides is 2. The fourth-order valence-electron chi connectivity index (χ4n) is 2.17. The number of aromatic nitrogens is 1. The maximum absolute atomic E-state index is 12.0. The standard InChI is InChI=1S/C16H15N3O3/c20-15(18-10-11-4-3-7-17-9-11)8-14-16(21)19-12-5-1-2-6-13(12)22-14/h1-7,9,14H,8,10H2,(H,18,20)(H,19,21)/t14-/m1/s1. The first-order valence-electron chi connectivity index (χ1n) is 6.94. The second-order valence-corrected chi connectivity index (χ2v) is 4.93. The van der Waals surface area contributed by atoms with Crippen LogP contribution in [-0.2, 0) is 16.1 Å². The molecule has 0 fully saturated rings. The third-order valence-electron chi connectivity index (χ3n) is 3.29. The van der Waals surface area contributed by atoms with Gasteiger partial charge in [-0.15, -0.1) is 0 Å². The number of nitrogens with zero attached hydrogens (tertiary/aromatic N) is 1. The zero-order chi connectivity index (χ0) is 15.4. The minimum atomic E-state index is -0.816. The molecule has 2 amide bonds.